The number of aryl methyl sites for hydroxylation is 1. The molecule has 1 aromatic rings. The van der Waals surface area contributed by atoms with Gasteiger partial charge in [0.2, 0.25) is 0 Å². The molecule has 0 amide bonds. The van der Waals surface area contributed by atoms with Crippen LogP contribution in [0.15, 0.2) is 29.4 Å². The lowest BCUT2D eigenvalue weighted by atomic mass is 10.1. The molecular formula is C11H15N3. The van der Waals surface area contributed by atoms with Gasteiger partial charge >= 0.3 is 0 Å². The summed E-state index contributed by atoms with van der Waals surface area (Å²) in [6.07, 6.45) is 1.93. The number of amidine groups is 1. The molecule has 0 spiro atoms. The van der Waals surface area contributed by atoms with Gasteiger partial charge in [-0.3, -0.25) is 5.01 Å². The Balaban J connectivity index is 2.24. The van der Waals surface area contributed by atoms with Crippen molar-refractivity contribution < 1.29 is 0 Å². The van der Waals surface area contributed by atoms with E-state index in [9.17, 15) is 0 Å². The molecule has 14 heavy (non-hydrogen) atoms. The third-order valence-corrected chi connectivity index (χ3v) is 2.45. The smallest absolute Gasteiger partial charge is 0.122 e. The van der Waals surface area contributed by atoms with Crippen LogP contribution in [-0.4, -0.2) is 12.4 Å². The van der Waals surface area contributed by atoms with Crippen molar-refractivity contribution in [3.63, 3.8) is 0 Å². The topological polar surface area (TPSA) is 41.6 Å². The van der Waals surface area contributed by atoms with Crippen molar-refractivity contribution in [2.45, 2.75) is 19.8 Å². The van der Waals surface area contributed by atoms with Crippen molar-refractivity contribution >= 4 is 11.5 Å². The van der Waals surface area contributed by atoms with E-state index in [0.717, 1.165) is 30.9 Å². The maximum atomic E-state index is 5.64. The quantitative estimate of drug-likeness (QED) is 0.769. The maximum Gasteiger partial charge on any atom is 0.122 e. The normalized spacial score (nSPS) is 15.8. The van der Waals surface area contributed by atoms with Crippen LogP contribution in [0.2, 0.25) is 0 Å². The zero-order chi connectivity index (χ0) is 9.97. The average molecular weight is 189 g/mol. The van der Waals surface area contributed by atoms with Crippen LogP contribution in [0.25, 0.3) is 0 Å². The third kappa shape index (κ3) is 1.71. The molecule has 1 aliphatic heterocycles. The van der Waals surface area contributed by atoms with Gasteiger partial charge in [-0.1, -0.05) is 19.1 Å². The molecule has 1 aliphatic rings. The molecule has 2 rings (SSSR count). The highest BCUT2D eigenvalue weighted by molar-refractivity contribution is 5.84. The molecule has 3 nitrogen and oxygen atoms in total. The lowest BCUT2D eigenvalue weighted by molar-refractivity contribution is 0.919. The van der Waals surface area contributed by atoms with E-state index in [2.05, 4.69) is 36.3 Å². The third-order valence-electron chi connectivity index (χ3n) is 2.45. The first kappa shape index (κ1) is 9.06. The molecule has 0 radical (unpaired) electrons. The van der Waals surface area contributed by atoms with E-state index in [-0.39, 0.29) is 0 Å². The van der Waals surface area contributed by atoms with Gasteiger partial charge in [0.15, 0.2) is 0 Å². The highest BCUT2D eigenvalue weighted by Gasteiger charge is 2.12. The van der Waals surface area contributed by atoms with Crippen molar-refractivity contribution in [2.75, 3.05) is 11.6 Å². The number of benzene rings is 1. The Kier molecular flexibility index (Phi) is 2.39. The predicted octanol–water partition coefficient (Wildman–Crippen LogP) is 1.73. The number of nitrogens with two attached hydrogens (primary N) is 1. The molecule has 3 heteroatoms. The molecule has 0 saturated carbocycles. The van der Waals surface area contributed by atoms with Gasteiger partial charge in [0.05, 0.1) is 5.69 Å². The van der Waals surface area contributed by atoms with Crippen molar-refractivity contribution in [1.82, 2.24) is 0 Å². The first-order valence-corrected chi connectivity index (χ1v) is 4.99. The van der Waals surface area contributed by atoms with Crippen LogP contribution in [-0.2, 0) is 6.42 Å². The summed E-state index contributed by atoms with van der Waals surface area (Å²) in [5.41, 5.74) is 8.12. The van der Waals surface area contributed by atoms with Crippen LogP contribution in [0.4, 0.5) is 5.69 Å². The molecular weight excluding hydrogens is 174 g/mol. The van der Waals surface area contributed by atoms with Crippen molar-refractivity contribution in [1.29, 1.82) is 0 Å². The lowest BCUT2D eigenvalue weighted by Gasteiger charge is -2.13. The molecule has 2 N–H and O–H groups in total. The first-order chi connectivity index (χ1) is 6.79. The summed E-state index contributed by atoms with van der Waals surface area (Å²) in [5.74, 6) is 0.729. The fourth-order valence-corrected chi connectivity index (χ4v) is 1.60. The zero-order valence-electron chi connectivity index (χ0n) is 8.40. The van der Waals surface area contributed by atoms with E-state index in [0.29, 0.717) is 0 Å². The van der Waals surface area contributed by atoms with Gasteiger partial charge in [0.25, 0.3) is 0 Å². The van der Waals surface area contributed by atoms with E-state index in [1.54, 1.807) is 0 Å². The summed E-state index contributed by atoms with van der Waals surface area (Å²) < 4.78 is 0. The van der Waals surface area contributed by atoms with E-state index in [1.165, 1.54) is 5.56 Å². The molecule has 0 unspecified atom stereocenters. The highest BCUT2D eigenvalue weighted by atomic mass is 15.5. The predicted molar refractivity (Wildman–Crippen MR) is 59.4 cm³/mol. The molecule has 0 saturated heterocycles. The second-order valence-electron chi connectivity index (χ2n) is 3.49. The largest absolute Gasteiger partial charge is 0.386 e. The van der Waals surface area contributed by atoms with Gasteiger partial charge in [0.1, 0.15) is 5.84 Å². The molecule has 0 bridgehead atoms. The minimum absolute atomic E-state index is 0.729. The number of hydrogen-bond donors (Lipinski definition) is 1. The minimum atomic E-state index is 0.729. The lowest BCUT2D eigenvalue weighted by Crippen LogP contribution is -2.11. The molecule has 74 valence electrons. The second-order valence-corrected chi connectivity index (χ2v) is 3.49. The Morgan fingerprint density at radius 2 is 2.36 bits per heavy atom. The maximum absolute atomic E-state index is 5.64. The summed E-state index contributed by atoms with van der Waals surface area (Å²) in [6, 6.07) is 8.44. The molecule has 0 aromatic heterocycles. The van der Waals surface area contributed by atoms with Crippen molar-refractivity contribution in [3.8, 4) is 0 Å². The molecule has 1 aromatic carbocycles. The fraction of sp³-hybridized carbons (Fsp3) is 0.364. The Bertz CT molecular complexity index is 357. The summed E-state index contributed by atoms with van der Waals surface area (Å²) in [5, 5.41) is 6.23. The van der Waals surface area contributed by atoms with Crippen molar-refractivity contribution in [2.24, 2.45) is 10.8 Å². The van der Waals surface area contributed by atoms with E-state index in [4.69, 9.17) is 5.73 Å². The number of anilines is 1. The van der Waals surface area contributed by atoms with Crippen LogP contribution < -0.4 is 10.7 Å². The highest BCUT2D eigenvalue weighted by Crippen LogP contribution is 2.19. The molecule has 0 fully saturated rings. The Morgan fingerprint density at radius 3 is 3.00 bits per heavy atom. The van der Waals surface area contributed by atoms with E-state index in [1.807, 2.05) is 5.01 Å². The Labute approximate surface area is 84.2 Å². The van der Waals surface area contributed by atoms with Crippen LogP contribution in [0.5, 0.6) is 0 Å². The summed E-state index contributed by atoms with van der Waals surface area (Å²) >= 11 is 0. The standard InChI is InChI=1S/C11H15N3/c1-2-9-4-3-5-10(8-9)14-7-6-11(12)13-14/h3-5,8H,2,6-7H2,1H3,(H2,12,13). The van der Waals surface area contributed by atoms with Crippen LogP contribution >= 0.6 is 0 Å². The van der Waals surface area contributed by atoms with Gasteiger partial charge < -0.3 is 5.73 Å². The molecule has 1 heterocycles. The summed E-state index contributed by atoms with van der Waals surface area (Å²) in [6.45, 7) is 3.06. The summed E-state index contributed by atoms with van der Waals surface area (Å²) in [4.78, 5) is 0. The van der Waals surface area contributed by atoms with Crippen molar-refractivity contribution in [3.05, 3.63) is 29.8 Å². The van der Waals surface area contributed by atoms with E-state index >= 15 is 0 Å². The SMILES string of the molecule is CCc1cccc(N2CCC(N)=N2)c1. The summed E-state index contributed by atoms with van der Waals surface area (Å²) in [7, 11) is 0. The van der Waals surface area contributed by atoms with Crippen LogP contribution in [0.1, 0.15) is 18.9 Å². The molecule has 0 aliphatic carbocycles. The molecule has 0 atom stereocenters. The first-order valence-electron chi connectivity index (χ1n) is 4.99. The zero-order valence-corrected chi connectivity index (χ0v) is 8.40. The van der Waals surface area contributed by atoms with Gasteiger partial charge in [0, 0.05) is 13.0 Å². The monoisotopic (exact) mass is 189 g/mol. The number of rotatable bonds is 2. The number of nitrogens with zero attached hydrogens (tertiary/aromatic N) is 2. The van der Waals surface area contributed by atoms with Gasteiger partial charge in [-0.15, -0.1) is 0 Å². The van der Waals surface area contributed by atoms with Gasteiger partial charge in [-0.25, -0.2) is 0 Å². The minimum Gasteiger partial charge on any atom is -0.386 e. The van der Waals surface area contributed by atoms with Gasteiger partial charge in [-0.2, -0.15) is 5.10 Å². The number of hydrogen-bond acceptors (Lipinski definition) is 3. The van der Waals surface area contributed by atoms with E-state index < -0.39 is 0 Å². The second kappa shape index (κ2) is 3.70. The fourth-order valence-electron chi connectivity index (χ4n) is 1.60. The average Bonchev–Trinajstić information content (AvgIpc) is 2.65. The van der Waals surface area contributed by atoms with Gasteiger partial charge in [-0.05, 0) is 24.1 Å². The Morgan fingerprint density at radius 1 is 1.50 bits per heavy atom. The van der Waals surface area contributed by atoms with Crippen LogP contribution in [0.3, 0.4) is 0 Å². The van der Waals surface area contributed by atoms with Crippen LogP contribution in [0, 0.1) is 0 Å². The number of hydrazone groups is 1. The Hall–Kier alpha value is -1.51.